The fraction of sp³-hybridized carbons (Fsp3) is 0.368. The molecule has 0 fully saturated rings. The van der Waals surface area contributed by atoms with Crippen LogP contribution in [0.3, 0.4) is 0 Å². The average Bonchev–Trinajstić information content (AvgIpc) is 3.04. The van der Waals surface area contributed by atoms with E-state index in [4.69, 9.17) is 4.74 Å². The van der Waals surface area contributed by atoms with Gasteiger partial charge >= 0.3 is 0 Å². The molecule has 2 amide bonds. The first-order valence-electron chi connectivity index (χ1n) is 8.48. The summed E-state index contributed by atoms with van der Waals surface area (Å²) in [6.07, 6.45) is 2.41. The van der Waals surface area contributed by atoms with Gasteiger partial charge in [-0.25, -0.2) is 9.97 Å². The van der Waals surface area contributed by atoms with E-state index in [1.807, 2.05) is 24.3 Å². The number of benzene rings is 1. The van der Waals surface area contributed by atoms with Gasteiger partial charge in [-0.1, -0.05) is 12.1 Å². The maximum atomic E-state index is 12.4. The van der Waals surface area contributed by atoms with E-state index in [0.717, 1.165) is 28.4 Å². The van der Waals surface area contributed by atoms with E-state index in [9.17, 15) is 9.59 Å². The Bertz CT molecular complexity index is 820. The number of amides is 2. The second kappa shape index (κ2) is 7.51. The summed E-state index contributed by atoms with van der Waals surface area (Å²) in [6.45, 7) is 4.00. The van der Waals surface area contributed by atoms with Crippen molar-refractivity contribution in [3.05, 3.63) is 53.1 Å². The van der Waals surface area contributed by atoms with Crippen molar-refractivity contribution in [3.8, 4) is 5.75 Å². The zero-order valence-corrected chi connectivity index (χ0v) is 15.2. The summed E-state index contributed by atoms with van der Waals surface area (Å²) in [5.41, 5.74) is 2.91. The van der Waals surface area contributed by atoms with Crippen LogP contribution in [0.2, 0.25) is 0 Å². The quantitative estimate of drug-likeness (QED) is 0.878. The van der Waals surface area contributed by atoms with Gasteiger partial charge in [0, 0.05) is 31.6 Å². The summed E-state index contributed by atoms with van der Waals surface area (Å²) >= 11 is 0. The second-order valence-electron chi connectivity index (χ2n) is 6.40. The number of nitrogens with one attached hydrogen (secondary N) is 1. The summed E-state index contributed by atoms with van der Waals surface area (Å²) in [5.74, 6) is 1.20. The number of carbonyl (C=O) groups is 2. The highest BCUT2D eigenvalue weighted by Gasteiger charge is 2.28. The largest absolute Gasteiger partial charge is 0.497 e. The van der Waals surface area contributed by atoms with Crippen molar-refractivity contribution in [2.75, 3.05) is 7.11 Å². The summed E-state index contributed by atoms with van der Waals surface area (Å²) < 4.78 is 5.16. The lowest BCUT2D eigenvalue weighted by Gasteiger charge is -2.20. The first kappa shape index (κ1) is 17.8. The van der Waals surface area contributed by atoms with E-state index in [1.54, 1.807) is 25.1 Å². The van der Waals surface area contributed by atoms with Gasteiger partial charge in [-0.2, -0.15) is 0 Å². The number of aromatic nitrogens is 2. The SMILES string of the molecule is COc1ccc(Cc2ncc3c(n2)CN(C(=O)[C@H](C)NC(C)=O)C3)cc1. The van der Waals surface area contributed by atoms with Crippen LogP contribution >= 0.6 is 0 Å². The fourth-order valence-corrected chi connectivity index (χ4v) is 3.00. The zero-order valence-electron chi connectivity index (χ0n) is 15.2. The van der Waals surface area contributed by atoms with Crippen molar-refractivity contribution in [3.63, 3.8) is 0 Å². The van der Waals surface area contributed by atoms with E-state index in [-0.39, 0.29) is 11.8 Å². The van der Waals surface area contributed by atoms with Gasteiger partial charge in [-0.05, 0) is 24.6 Å². The Hall–Kier alpha value is -2.96. The number of methoxy groups -OCH3 is 1. The standard InChI is InChI=1S/C19H22N4O3/c1-12(21-13(2)24)19(25)23-10-15-9-20-18(22-17(15)11-23)8-14-4-6-16(26-3)7-5-14/h4-7,9,12H,8,10-11H2,1-3H3,(H,21,24)/t12-/m0/s1. The third kappa shape index (κ3) is 3.99. The molecule has 1 aliphatic rings. The lowest BCUT2D eigenvalue weighted by Crippen LogP contribution is -2.44. The molecule has 0 saturated heterocycles. The van der Waals surface area contributed by atoms with Crippen LogP contribution in [-0.4, -0.2) is 39.8 Å². The second-order valence-corrected chi connectivity index (χ2v) is 6.40. The van der Waals surface area contributed by atoms with Gasteiger partial charge in [-0.15, -0.1) is 0 Å². The smallest absolute Gasteiger partial charge is 0.245 e. The molecule has 136 valence electrons. The molecule has 1 aliphatic heterocycles. The molecule has 0 radical (unpaired) electrons. The van der Waals surface area contributed by atoms with Crippen molar-refractivity contribution in [1.82, 2.24) is 20.2 Å². The van der Waals surface area contributed by atoms with Gasteiger partial charge in [0.15, 0.2) is 0 Å². The molecule has 1 N–H and O–H groups in total. The van der Waals surface area contributed by atoms with Crippen molar-refractivity contribution in [1.29, 1.82) is 0 Å². The van der Waals surface area contributed by atoms with Gasteiger partial charge in [0.25, 0.3) is 0 Å². The molecular formula is C19H22N4O3. The van der Waals surface area contributed by atoms with Gasteiger partial charge in [0.1, 0.15) is 17.6 Å². The molecule has 0 spiro atoms. The molecule has 2 aromatic rings. The zero-order chi connectivity index (χ0) is 18.7. The van der Waals surface area contributed by atoms with Gasteiger partial charge in [0.2, 0.25) is 11.8 Å². The van der Waals surface area contributed by atoms with Gasteiger partial charge in [-0.3, -0.25) is 9.59 Å². The van der Waals surface area contributed by atoms with E-state index in [2.05, 4.69) is 15.3 Å². The van der Waals surface area contributed by atoms with Crippen molar-refractivity contribution in [2.45, 2.75) is 39.4 Å². The maximum Gasteiger partial charge on any atom is 0.245 e. The van der Waals surface area contributed by atoms with E-state index < -0.39 is 6.04 Å². The van der Waals surface area contributed by atoms with Crippen LogP contribution in [0.5, 0.6) is 5.75 Å². The molecule has 3 rings (SSSR count). The highest BCUT2D eigenvalue weighted by atomic mass is 16.5. The average molecular weight is 354 g/mol. The Morgan fingerprint density at radius 3 is 2.65 bits per heavy atom. The lowest BCUT2D eigenvalue weighted by molar-refractivity contribution is -0.136. The third-order valence-corrected chi connectivity index (χ3v) is 4.33. The Labute approximate surface area is 152 Å². The fourth-order valence-electron chi connectivity index (χ4n) is 3.00. The minimum atomic E-state index is -0.548. The Balaban J connectivity index is 1.67. The number of carbonyl (C=O) groups excluding carboxylic acids is 2. The summed E-state index contributed by atoms with van der Waals surface area (Å²) in [6, 6.07) is 7.24. The third-order valence-electron chi connectivity index (χ3n) is 4.33. The molecule has 2 heterocycles. The van der Waals surface area contributed by atoms with Gasteiger partial charge in [0.05, 0.1) is 19.3 Å². The molecular weight excluding hydrogens is 332 g/mol. The van der Waals surface area contributed by atoms with Crippen LogP contribution in [0.25, 0.3) is 0 Å². The summed E-state index contributed by atoms with van der Waals surface area (Å²) in [4.78, 5) is 34.3. The summed E-state index contributed by atoms with van der Waals surface area (Å²) in [7, 11) is 1.64. The lowest BCUT2D eigenvalue weighted by atomic mass is 10.1. The van der Waals surface area contributed by atoms with E-state index >= 15 is 0 Å². The highest BCUT2D eigenvalue weighted by molar-refractivity contribution is 5.86. The van der Waals surface area contributed by atoms with Crippen LogP contribution in [0.4, 0.5) is 0 Å². The van der Waals surface area contributed by atoms with Crippen LogP contribution in [0.15, 0.2) is 30.5 Å². The Morgan fingerprint density at radius 1 is 1.27 bits per heavy atom. The first-order chi connectivity index (χ1) is 12.5. The minimum absolute atomic E-state index is 0.116. The number of nitrogens with zero attached hydrogens (tertiary/aromatic N) is 3. The molecule has 26 heavy (non-hydrogen) atoms. The van der Waals surface area contributed by atoms with E-state index in [1.165, 1.54) is 6.92 Å². The predicted octanol–water partition coefficient (Wildman–Crippen LogP) is 1.44. The molecule has 7 heteroatoms. The van der Waals surface area contributed by atoms with E-state index in [0.29, 0.717) is 19.5 Å². The number of ether oxygens (including phenoxy) is 1. The van der Waals surface area contributed by atoms with Crippen LogP contribution in [-0.2, 0) is 29.1 Å². The number of hydrogen-bond acceptors (Lipinski definition) is 5. The maximum absolute atomic E-state index is 12.4. The molecule has 0 unspecified atom stereocenters. The summed E-state index contributed by atoms with van der Waals surface area (Å²) in [5, 5.41) is 2.62. The number of hydrogen-bond donors (Lipinski definition) is 1. The number of fused-ring (bicyclic) bond motifs is 1. The Kier molecular flexibility index (Phi) is 5.16. The molecule has 7 nitrogen and oxygen atoms in total. The van der Waals surface area contributed by atoms with Crippen molar-refractivity contribution in [2.24, 2.45) is 0 Å². The molecule has 0 bridgehead atoms. The number of rotatable bonds is 5. The van der Waals surface area contributed by atoms with Gasteiger partial charge < -0.3 is 15.0 Å². The monoisotopic (exact) mass is 354 g/mol. The predicted molar refractivity (Wildman–Crippen MR) is 95.4 cm³/mol. The molecule has 0 saturated carbocycles. The van der Waals surface area contributed by atoms with Crippen LogP contribution in [0, 0.1) is 0 Å². The molecule has 0 aliphatic carbocycles. The normalized spacial score (nSPS) is 13.9. The van der Waals surface area contributed by atoms with Crippen molar-refractivity contribution < 1.29 is 14.3 Å². The Morgan fingerprint density at radius 2 is 2.00 bits per heavy atom. The topological polar surface area (TPSA) is 84.4 Å². The van der Waals surface area contributed by atoms with Crippen LogP contribution < -0.4 is 10.1 Å². The molecule has 1 aromatic heterocycles. The van der Waals surface area contributed by atoms with Crippen LogP contribution in [0.1, 0.15) is 36.5 Å². The molecule has 1 aromatic carbocycles. The highest BCUT2D eigenvalue weighted by Crippen LogP contribution is 2.22. The first-order valence-corrected chi connectivity index (χ1v) is 8.48. The minimum Gasteiger partial charge on any atom is -0.497 e. The van der Waals surface area contributed by atoms with Crippen molar-refractivity contribution >= 4 is 11.8 Å². The molecule has 1 atom stereocenters.